The molecule has 0 aliphatic carbocycles. The van der Waals surface area contributed by atoms with E-state index < -0.39 is 12.0 Å². The molecular weight excluding hydrogens is 226 g/mol. The molecule has 0 bridgehead atoms. The van der Waals surface area contributed by atoms with E-state index in [4.69, 9.17) is 5.11 Å². The first kappa shape index (κ1) is 12.6. The molecule has 0 aliphatic rings. The first-order chi connectivity index (χ1) is 7.63. The molecule has 0 heterocycles. The molecule has 0 spiro atoms. The zero-order valence-corrected chi connectivity index (χ0v) is 9.48. The third-order valence-electron chi connectivity index (χ3n) is 2.02. The van der Waals surface area contributed by atoms with E-state index in [2.05, 4.69) is 17.9 Å². The minimum Gasteiger partial charge on any atom is -0.480 e. The number of nitrogens with one attached hydrogen (secondary N) is 1. The first-order valence-corrected chi connectivity index (χ1v) is 5.43. The molecule has 1 aromatic carbocycles. The van der Waals surface area contributed by atoms with Crippen LogP contribution in [-0.4, -0.2) is 28.8 Å². The molecule has 0 radical (unpaired) electrons. The van der Waals surface area contributed by atoms with Crippen molar-refractivity contribution in [2.24, 2.45) is 0 Å². The highest BCUT2D eigenvalue weighted by atomic mass is 32.1. The van der Waals surface area contributed by atoms with Gasteiger partial charge in [-0.2, -0.15) is 12.6 Å². The monoisotopic (exact) mass is 239 g/mol. The van der Waals surface area contributed by atoms with E-state index >= 15 is 0 Å². The summed E-state index contributed by atoms with van der Waals surface area (Å²) in [7, 11) is 0. The molecule has 1 atom stereocenters. The molecule has 0 unspecified atom stereocenters. The minimum atomic E-state index is -1.07. The maximum Gasteiger partial charge on any atom is 0.327 e. The third kappa shape index (κ3) is 3.94. The van der Waals surface area contributed by atoms with Crippen molar-refractivity contribution in [1.82, 2.24) is 5.32 Å². The lowest BCUT2D eigenvalue weighted by molar-refractivity contribution is -0.141. The van der Waals surface area contributed by atoms with Crippen LogP contribution in [0.4, 0.5) is 0 Å². The lowest BCUT2D eigenvalue weighted by atomic mass is 10.1. The number of carboxylic acid groups (broad SMARTS) is 1. The summed E-state index contributed by atoms with van der Waals surface area (Å²) in [6, 6.07) is 8.21. The van der Waals surface area contributed by atoms with Crippen molar-refractivity contribution in [3.05, 3.63) is 35.9 Å². The molecule has 4 nitrogen and oxygen atoms in total. The Balaban J connectivity index is 2.50. The number of benzene rings is 1. The van der Waals surface area contributed by atoms with Crippen LogP contribution in [0.3, 0.4) is 0 Å². The Morgan fingerprint density at radius 1 is 1.31 bits per heavy atom. The van der Waals surface area contributed by atoms with Crippen molar-refractivity contribution in [3.63, 3.8) is 0 Å². The number of hydrogen-bond donors (Lipinski definition) is 3. The highest BCUT2D eigenvalue weighted by Gasteiger charge is 2.17. The Labute approximate surface area is 99.1 Å². The number of aliphatic carboxylic acids is 1. The Kier molecular flexibility index (Phi) is 4.85. The predicted molar refractivity (Wildman–Crippen MR) is 63.6 cm³/mol. The van der Waals surface area contributed by atoms with Crippen LogP contribution in [0, 0.1) is 0 Å². The van der Waals surface area contributed by atoms with Crippen LogP contribution in [0.5, 0.6) is 0 Å². The number of rotatable bonds is 5. The summed E-state index contributed by atoms with van der Waals surface area (Å²) in [6.45, 7) is 0. The van der Waals surface area contributed by atoms with Crippen molar-refractivity contribution in [2.75, 3.05) is 5.75 Å². The highest BCUT2D eigenvalue weighted by molar-refractivity contribution is 7.80. The average molecular weight is 239 g/mol. The summed E-state index contributed by atoms with van der Waals surface area (Å²) in [5.41, 5.74) is 0.850. The zero-order valence-electron chi connectivity index (χ0n) is 8.59. The molecule has 2 N–H and O–H groups in total. The van der Waals surface area contributed by atoms with Crippen molar-refractivity contribution >= 4 is 24.5 Å². The van der Waals surface area contributed by atoms with Gasteiger partial charge in [0.15, 0.2) is 0 Å². The Bertz CT molecular complexity index is 367. The summed E-state index contributed by atoms with van der Waals surface area (Å²) < 4.78 is 0. The largest absolute Gasteiger partial charge is 0.480 e. The Hall–Kier alpha value is -1.49. The topological polar surface area (TPSA) is 66.4 Å². The SMILES string of the molecule is O=C(Cc1ccccc1)N[C@H](CS)C(=O)O. The normalized spacial score (nSPS) is 11.8. The summed E-state index contributed by atoms with van der Waals surface area (Å²) in [6.07, 6.45) is 0.179. The molecule has 5 heteroatoms. The van der Waals surface area contributed by atoms with Gasteiger partial charge >= 0.3 is 5.97 Å². The van der Waals surface area contributed by atoms with E-state index in [1.165, 1.54) is 0 Å². The lowest BCUT2D eigenvalue weighted by Gasteiger charge is -2.11. The van der Waals surface area contributed by atoms with E-state index in [0.29, 0.717) is 0 Å². The van der Waals surface area contributed by atoms with Gasteiger partial charge in [-0.25, -0.2) is 4.79 Å². The van der Waals surface area contributed by atoms with E-state index in [-0.39, 0.29) is 18.1 Å². The smallest absolute Gasteiger partial charge is 0.327 e. The summed E-state index contributed by atoms with van der Waals surface area (Å²) in [5.74, 6) is -1.31. The second kappa shape index (κ2) is 6.17. The second-order valence-corrected chi connectivity index (χ2v) is 3.67. The van der Waals surface area contributed by atoms with Gasteiger partial charge in [0.1, 0.15) is 6.04 Å². The molecule has 1 rings (SSSR count). The fraction of sp³-hybridized carbons (Fsp3) is 0.273. The number of thiol groups is 1. The van der Waals surface area contributed by atoms with Crippen LogP contribution < -0.4 is 5.32 Å². The van der Waals surface area contributed by atoms with Gasteiger partial charge in [-0.3, -0.25) is 4.79 Å². The number of carbonyl (C=O) groups excluding carboxylic acids is 1. The summed E-state index contributed by atoms with van der Waals surface area (Å²) in [4.78, 5) is 22.1. The zero-order chi connectivity index (χ0) is 12.0. The van der Waals surface area contributed by atoms with E-state index in [1.54, 1.807) is 0 Å². The van der Waals surface area contributed by atoms with Gasteiger partial charge in [0.25, 0.3) is 0 Å². The fourth-order valence-corrected chi connectivity index (χ4v) is 1.46. The first-order valence-electron chi connectivity index (χ1n) is 4.80. The van der Waals surface area contributed by atoms with Gasteiger partial charge in [-0.1, -0.05) is 30.3 Å². The van der Waals surface area contributed by atoms with Gasteiger partial charge in [0.05, 0.1) is 6.42 Å². The van der Waals surface area contributed by atoms with Crippen LogP contribution in [-0.2, 0) is 16.0 Å². The number of hydrogen-bond acceptors (Lipinski definition) is 3. The van der Waals surface area contributed by atoms with Crippen LogP contribution in [0.1, 0.15) is 5.56 Å². The van der Waals surface area contributed by atoms with Gasteiger partial charge in [0, 0.05) is 5.75 Å². The third-order valence-corrected chi connectivity index (χ3v) is 2.39. The number of carboxylic acids is 1. The molecule has 0 saturated heterocycles. The molecule has 0 fully saturated rings. The summed E-state index contributed by atoms with van der Waals surface area (Å²) in [5, 5.41) is 11.1. The quantitative estimate of drug-likeness (QED) is 0.664. The second-order valence-electron chi connectivity index (χ2n) is 3.30. The van der Waals surface area contributed by atoms with E-state index in [1.807, 2.05) is 30.3 Å². The van der Waals surface area contributed by atoms with Crippen molar-refractivity contribution in [3.8, 4) is 0 Å². The van der Waals surface area contributed by atoms with Crippen LogP contribution in [0.15, 0.2) is 30.3 Å². The Morgan fingerprint density at radius 2 is 1.94 bits per heavy atom. The van der Waals surface area contributed by atoms with Gasteiger partial charge in [0.2, 0.25) is 5.91 Å². The predicted octanol–water partition coefficient (Wildman–Crippen LogP) is 0.728. The van der Waals surface area contributed by atoms with Crippen LogP contribution in [0.2, 0.25) is 0 Å². The lowest BCUT2D eigenvalue weighted by Crippen LogP contribution is -2.42. The maximum absolute atomic E-state index is 11.5. The molecule has 0 aromatic heterocycles. The molecule has 86 valence electrons. The van der Waals surface area contributed by atoms with E-state index in [0.717, 1.165) is 5.56 Å². The standard InChI is InChI=1S/C11H13NO3S/c13-10(12-9(7-16)11(14)15)6-8-4-2-1-3-5-8/h1-5,9,16H,6-7H2,(H,12,13)(H,14,15)/t9-/m1/s1. The molecule has 1 amide bonds. The summed E-state index contributed by atoms with van der Waals surface area (Å²) >= 11 is 3.86. The van der Waals surface area contributed by atoms with Gasteiger partial charge in [-0.05, 0) is 5.56 Å². The Morgan fingerprint density at radius 3 is 2.44 bits per heavy atom. The maximum atomic E-state index is 11.5. The molecule has 0 aliphatic heterocycles. The minimum absolute atomic E-state index is 0.0792. The van der Waals surface area contributed by atoms with E-state index in [9.17, 15) is 9.59 Å². The molecule has 1 aromatic rings. The molecular formula is C11H13NO3S. The fourth-order valence-electron chi connectivity index (χ4n) is 1.21. The van der Waals surface area contributed by atoms with Crippen molar-refractivity contribution < 1.29 is 14.7 Å². The van der Waals surface area contributed by atoms with Crippen LogP contribution >= 0.6 is 12.6 Å². The average Bonchev–Trinajstić information content (AvgIpc) is 2.27. The highest BCUT2D eigenvalue weighted by Crippen LogP contribution is 2.00. The van der Waals surface area contributed by atoms with Crippen LogP contribution in [0.25, 0.3) is 0 Å². The molecule has 0 saturated carbocycles. The number of amides is 1. The van der Waals surface area contributed by atoms with Gasteiger partial charge in [-0.15, -0.1) is 0 Å². The van der Waals surface area contributed by atoms with Crippen molar-refractivity contribution in [2.45, 2.75) is 12.5 Å². The van der Waals surface area contributed by atoms with Gasteiger partial charge < -0.3 is 10.4 Å². The van der Waals surface area contributed by atoms with Crippen molar-refractivity contribution in [1.29, 1.82) is 0 Å². The number of carbonyl (C=O) groups is 2. The molecule has 16 heavy (non-hydrogen) atoms.